The number of amides is 2. The van der Waals surface area contributed by atoms with E-state index in [0.29, 0.717) is 4.88 Å². The van der Waals surface area contributed by atoms with Crippen molar-refractivity contribution in [2.45, 2.75) is 12.1 Å². The molecule has 4 atom stereocenters. The summed E-state index contributed by atoms with van der Waals surface area (Å²) >= 11 is 1.31. The molecule has 0 bridgehead atoms. The number of carbonyl (C=O) groups excluding carboxylic acids is 3. The van der Waals surface area contributed by atoms with Crippen LogP contribution in [0.4, 0.5) is 10.1 Å². The van der Waals surface area contributed by atoms with Crippen molar-refractivity contribution >= 4 is 40.7 Å². The van der Waals surface area contributed by atoms with Crippen LogP contribution in [0, 0.1) is 17.7 Å². The van der Waals surface area contributed by atoms with E-state index in [-0.39, 0.29) is 11.5 Å². The lowest BCUT2D eigenvalue weighted by atomic mass is 9.84. The molecule has 5 nitrogen and oxygen atoms in total. The Morgan fingerprint density at radius 1 is 0.906 bits per heavy atom. The molecule has 2 saturated heterocycles. The number of anilines is 1. The van der Waals surface area contributed by atoms with E-state index in [9.17, 15) is 18.8 Å². The zero-order valence-corrected chi connectivity index (χ0v) is 17.5. The highest BCUT2D eigenvalue weighted by Gasteiger charge is 2.64. The molecule has 3 aromatic rings. The SMILES string of the molecule is O=C(c1cccs1)[C@@H]1[C@@H]2C(=O)N(c3ccccc3F)C(=O)[C@@H]2[C@H]2c3ccccc3C=CN12. The van der Waals surface area contributed by atoms with Crippen molar-refractivity contribution in [3.63, 3.8) is 0 Å². The Morgan fingerprint density at radius 3 is 2.44 bits per heavy atom. The number of nitrogens with zero attached hydrogens (tertiary/aromatic N) is 2. The van der Waals surface area contributed by atoms with E-state index >= 15 is 0 Å². The summed E-state index contributed by atoms with van der Waals surface area (Å²) in [5, 5.41) is 1.81. The van der Waals surface area contributed by atoms with Gasteiger partial charge in [-0.3, -0.25) is 14.4 Å². The molecule has 0 aliphatic carbocycles. The van der Waals surface area contributed by atoms with Crippen LogP contribution in [0.15, 0.2) is 72.2 Å². The second-order valence-electron chi connectivity index (χ2n) is 8.14. The molecule has 3 aliphatic heterocycles. The summed E-state index contributed by atoms with van der Waals surface area (Å²) in [4.78, 5) is 44.2. The summed E-state index contributed by atoms with van der Waals surface area (Å²) in [5.74, 6) is -3.50. The van der Waals surface area contributed by atoms with Crippen molar-refractivity contribution in [3.05, 3.63) is 94.1 Å². The molecule has 0 spiro atoms. The number of thiophene rings is 1. The third-order valence-electron chi connectivity index (χ3n) is 6.59. The molecule has 32 heavy (non-hydrogen) atoms. The molecular formula is C25H17FN2O3S. The molecule has 6 rings (SSSR count). The number of imide groups is 1. The Morgan fingerprint density at radius 2 is 1.66 bits per heavy atom. The van der Waals surface area contributed by atoms with Crippen LogP contribution >= 0.6 is 11.3 Å². The molecule has 3 aliphatic rings. The third kappa shape index (κ3) is 2.51. The van der Waals surface area contributed by atoms with E-state index in [2.05, 4.69) is 0 Å². The van der Waals surface area contributed by atoms with Crippen molar-refractivity contribution in [3.8, 4) is 0 Å². The fraction of sp³-hybridized carbons (Fsp3) is 0.160. The predicted molar refractivity (Wildman–Crippen MR) is 118 cm³/mol. The molecule has 2 aromatic carbocycles. The minimum absolute atomic E-state index is 0.0644. The summed E-state index contributed by atoms with van der Waals surface area (Å²) in [7, 11) is 0. The van der Waals surface area contributed by atoms with Crippen LogP contribution in [-0.4, -0.2) is 28.5 Å². The van der Waals surface area contributed by atoms with Crippen LogP contribution in [0.3, 0.4) is 0 Å². The van der Waals surface area contributed by atoms with Gasteiger partial charge in [0.1, 0.15) is 11.9 Å². The topological polar surface area (TPSA) is 57.7 Å². The second kappa shape index (κ2) is 6.97. The van der Waals surface area contributed by atoms with E-state index in [1.165, 1.54) is 29.5 Å². The van der Waals surface area contributed by atoms with Crippen LogP contribution < -0.4 is 4.90 Å². The summed E-state index contributed by atoms with van der Waals surface area (Å²) in [6, 6.07) is 15.6. The fourth-order valence-corrected chi connectivity index (χ4v) is 5.99. The maximum absolute atomic E-state index is 14.6. The maximum atomic E-state index is 14.6. The van der Waals surface area contributed by atoms with Gasteiger partial charge in [0.15, 0.2) is 5.78 Å². The lowest BCUT2D eigenvalue weighted by Crippen LogP contribution is -2.44. The standard InChI is InChI=1S/C25H17FN2O3S/c26-16-8-3-4-9-17(16)28-24(30)19-20(25(28)31)22(23(29)18-10-5-13-32-18)27-12-11-14-6-1-2-7-15(14)21(19)27/h1-13,19-22H/t19-,20+,21+,22-/m0/s1. The van der Waals surface area contributed by atoms with Crippen LogP contribution in [0.1, 0.15) is 26.8 Å². The molecular weight excluding hydrogens is 427 g/mol. The number of para-hydroxylation sites is 1. The van der Waals surface area contributed by atoms with Gasteiger partial charge in [0.05, 0.1) is 28.4 Å². The summed E-state index contributed by atoms with van der Waals surface area (Å²) in [6.07, 6.45) is 3.72. The molecule has 158 valence electrons. The van der Waals surface area contributed by atoms with Crippen molar-refractivity contribution < 1.29 is 18.8 Å². The predicted octanol–water partition coefficient (Wildman–Crippen LogP) is 4.29. The first-order chi connectivity index (χ1) is 15.6. The van der Waals surface area contributed by atoms with Gasteiger partial charge in [0.2, 0.25) is 11.8 Å². The third-order valence-corrected chi connectivity index (χ3v) is 7.47. The molecule has 7 heteroatoms. The molecule has 0 radical (unpaired) electrons. The zero-order valence-electron chi connectivity index (χ0n) is 16.7. The number of hydrogen-bond donors (Lipinski definition) is 0. The molecule has 1 aromatic heterocycles. The largest absolute Gasteiger partial charge is 0.358 e. The van der Waals surface area contributed by atoms with Gasteiger partial charge in [-0.15, -0.1) is 11.3 Å². The summed E-state index contributed by atoms with van der Waals surface area (Å²) in [5.41, 5.74) is 1.77. The number of halogens is 1. The number of rotatable bonds is 3. The second-order valence-corrected chi connectivity index (χ2v) is 9.09. The average Bonchev–Trinajstić information content (AvgIpc) is 3.51. The lowest BCUT2D eigenvalue weighted by Gasteiger charge is -2.35. The quantitative estimate of drug-likeness (QED) is 0.447. The Hall–Kier alpha value is -3.58. The smallest absolute Gasteiger partial charge is 0.240 e. The highest BCUT2D eigenvalue weighted by atomic mass is 32.1. The first kappa shape index (κ1) is 19.1. The first-order valence-electron chi connectivity index (χ1n) is 10.3. The molecule has 2 fully saturated rings. The molecule has 2 amide bonds. The highest BCUT2D eigenvalue weighted by Crippen LogP contribution is 2.53. The Kier molecular flexibility index (Phi) is 4.16. The minimum Gasteiger partial charge on any atom is -0.358 e. The van der Waals surface area contributed by atoms with Gasteiger partial charge in [-0.1, -0.05) is 42.5 Å². The van der Waals surface area contributed by atoms with E-state index < -0.39 is 41.6 Å². The van der Waals surface area contributed by atoms with Crippen molar-refractivity contribution in [2.75, 3.05) is 4.90 Å². The van der Waals surface area contributed by atoms with E-state index in [1.807, 2.05) is 46.8 Å². The van der Waals surface area contributed by atoms with Gasteiger partial charge >= 0.3 is 0 Å². The molecule has 0 unspecified atom stereocenters. The van der Waals surface area contributed by atoms with Crippen LogP contribution in [-0.2, 0) is 9.59 Å². The number of benzene rings is 2. The number of ketones is 1. The Bertz CT molecular complexity index is 1300. The van der Waals surface area contributed by atoms with E-state index in [1.54, 1.807) is 18.2 Å². The number of hydrogen-bond acceptors (Lipinski definition) is 5. The molecule has 0 saturated carbocycles. The van der Waals surface area contributed by atoms with Crippen molar-refractivity contribution in [1.29, 1.82) is 0 Å². The number of fused-ring (bicyclic) bond motifs is 5. The van der Waals surface area contributed by atoms with Gasteiger partial charge in [-0.2, -0.15) is 0 Å². The van der Waals surface area contributed by atoms with Crippen molar-refractivity contribution in [2.24, 2.45) is 11.8 Å². The zero-order chi connectivity index (χ0) is 22.0. The van der Waals surface area contributed by atoms with Gasteiger partial charge in [-0.25, -0.2) is 9.29 Å². The normalized spacial score (nSPS) is 25.7. The first-order valence-corrected chi connectivity index (χ1v) is 11.2. The summed E-state index contributed by atoms with van der Waals surface area (Å²) in [6.45, 7) is 0. The van der Waals surface area contributed by atoms with Gasteiger partial charge < -0.3 is 4.90 Å². The van der Waals surface area contributed by atoms with Crippen LogP contribution in [0.5, 0.6) is 0 Å². The monoisotopic (exact) mass is 444 g/mol. The molecule has 4 heterocycles. The molecule has 0 N–H and O–H groups in total. The van der Waals surface area contributed by atoms with Gasteiger partial charge in [0, 0.05) is 6.20 Å². The van der Waals surface area contributed by atoms with E-state index in [0.717, 1.165) is 16.0 Å². The maximum Gasteiger partial charge on any atom is 0.240 e. The fourth-order valence-electron chi connectivity index (χ4n) is 5.29. The summed E-state index contributed by atoms with van der Waals surface area (Å²) < 4.78 is 14.6. The van der Waals surface area contributed by atoms with Crippen LogP contribution in [0.25, 0.3) is 6.08 Å². The number of carbonyl (C=O) groups is 3. The average molecular weight is 444 g/mol. The lowest BCUT2D eigenvalue weighted by molar-refractivity contribution is -0.123. The Balaban J connectivity index is 1.52. The minimum atomic E-state index is -0.891. The number of Topliss-reactive ketones (excluding diaryl/α,β-unsaturated/α-hetero) is 1. The van der Waals surface area contributed by atoms with E-state index in [4.69, 9.17) is 0 Å². The van der Waals surface area contributed by atoms with Gasteiger partial charge in [0.25, 0.3) is 0 Å². The Labute approximate surface area is 187 Å². The van der Waals surface area contributed by atoms with Gasteiger partial charge in [-0.05, 0) is 40.8 Å². The van der Waals surface area contributed by atoms with Crippen molar-refractivity contribution in [1.82, 2.24) is 4.90 Å². The highest BCUT2D eigenvalue weighted by molar-refractivity contribution is 7.12. The van der Waals surface area contributed by atoms with Crippen LogP contribution in [0.2, 0.25) is 0 Å².